The molecule has 2 heterocycles. The fourth-order valence-corrected chi connectivity index (χ4v) is 2.92. The molecule has 17 heavy (non-hydrogen) atoms. The normalized spacial score (nSPS) is 23.9. The summed E-state index contributed by atoms with van der Waals surface area (Å²) in [6.45, 7) is 1.10. The number of thiophene rings is 1. The monoisotopic (exact) mass is 274 g/mol. The SMILES string of the molecule is O=C(NCCc1ccc(Cl)s1)[C@H]1C[C@@H](O)CN1. The van der Waals surface area contributed by atoms with E-state index in [0.717, 1.165) is 15.6 Å². The molecule has 0 spiro atoms. The van der Waals surface area contributed by atoms with Crippen LogP contribution in [0.15, 0.2) is 12.1 Å². The Balaban J connectivity index is 1.70. The van der Waals surface area contributed by atoms with Gasteiger partial charge in [-0.2, -0.15) is 0 Å². The lowest BCUT2D eigenvalue weighted by Crippen LogP contribution is -2.41. The second kappa shape index (κ2) is 5.82. The van der Waals surface area contributed by atoms with Gasteiger partial charge in [-0.15, -0.1) is 11.3 Å². The highest BCUT2D eigenvalue weighted by molar-refractivity contribution is 7.16. The molecule has 0 bridgehead atoms. The first-order valence-electron chi connectivity index (χ1n) is 5.58. The average molecular weight is 275 g/mol. The first-order valence-corrected chi connectivity index (χ1v) is 6.78. The van der Waals surface area contributed by atoms with Gasteiger partial charge in [-0.05, 0) is 25.0 Å². The van der Waals surface area contributed by atoms with Crippen LogP contribution in [0.4, 0.5) is 0 Å². The lowest BCUT2D eigenvalue weighted by molar-refractivity contribution is -0.122. The number of halogens is 1. The molecule has 2 atom stereocenters. The van der Waals surface area contributed by atoms with E-state index in [1.165, 1.54) is 11.3 Å². The molecule has 0 aromatic carbocycles. The second-order valence-corrected chi connectivity index (χ2v) is 5.90. The summed E-state index contributed by atoms with van der Waals surface area (Å²) in [5.41, 5.74) is 0. The number of aliphatic hydroxyl groups excluding tert-OH is 1. The van der Waals surface area contributed by atoms with Crippen LogP contribution in [-0.2, 0) is 11.2 Å². The molecular weight excluding hydrogens is 260 g/mol. The van der Waals surface area contributed by atoms with Crippen molar-refractivity contribution in [3.63, 3.8) is 0 Å². The third-order valence-electron chi connectivity index (χ3n) is 2.72. The van der Waals surface area contributed by atoms with Crippen LogP contribution < -0.4 is 10.6 Å². The molecule has 0 radical (unpaired) electrons. The van der Waals surface area contributed by atoms with Gasteiger partial charge in [0.15, 0.2) is 0 Å². The molecule has 1 aliphatic rings. The highest BCUT2D eigenvalue weighted by Crippen LogP contribution is 2.21. The second-order valence-electron chi connectivity index (χ2n) is 4.10. The quantitative estimate of drug-likeness (QED) is 0.761. The number of hydrogen-bond donors (Lipinski definition) is 3. The van der Waals surface area contributed by atoms with Gasteiger partial charge in [0.25, 0.3) is 0 Å². The predicted octanol–water partition coefficient (Wildman–Crippen LogP) is 0.783. The van der Waals surface area contributed by atoms with Crippen LogP contribution in [-0.4, -0.2) is 36.2 Å². The number of carbonyl (C=O) groups excluding carboxylic acids is 1. The Kier molecular flexibility index (Phi) is 4.39. The maximum Gasteiger partial charge on any atom is 0.237 e. The van der Waals surface area contributed by atoms with Crippen LogP contribution >= 0.6 is 22.9 Å². The molecular formula is C11H15ClN2O2S. The van der Waals surface area contributed by atoms with E-state index in [1.54, 1.807) is 0 Å². The van der Waals surface area contributed by atoms with E-state index in [1.807, 2.05) is 12.1 Å². The highest BCUT2D eigenvalue weighted by Gasteiger charge is 2.27. The molecule has 1 fully saturated rings. The largest absolute Gasteiger partial charge is 0.392 e. The molecule has 94 valence electrons. The van der Waals surface area contributed by atoms with Crippen LogP contribution in [0.5, 0.6) is 0 Å². The van der Waals surface area contributed by atoms with E-state index in [2.05, 4.69) is 10.6 Å². The third kappa shape index (κ3) is 3.67. The van der Waals surface area contributed by atoms with Crippen molar-refractivity contribution >= 4 is 28.8 Å². The Bertz CT molecular complexity index is 397. The predicted molar refractivity (Wildman–Crippen MR) is 68.5 cm³/mol. The molecule has 2 rings (SSSR count). The van der Waals surface area contributed by atoms with Gasteiger partial charge in [-0.25, -0.2) is 0 Å². The molecule has 0 unspecified atom stereocenters. The van der Waals surface area contributed by atoms with Gasteiger partial charge in [0.1, 0.15) is 0 Å². The Hall–Kier alpha value is -0.620. The summed E-state index contributed by atoms with van der Waals surface area (Å²) in [7, 11) is 0. The molecule has 4 nitrogen and oxygen atoms in total. The Morgan fingerprint density at radius 3 is 3.06 bits per heavy atom. The smallest absolute Gasteiger partial charge is 0.237 e. The van der Waals surface area contributed by atoms with Crippen molar-refractivity contribution in [2.45, 2.75) is 25.0 Å². The molecule has 6 heteroatoms. The summed E-state index contributed by atoms with van der Waals surface area (Å²) in [4.78, 5) is 12.8. The van der Waals surface area contributed by atoms with E-state index >= 15 is 0 Å². The first-order chi connectivity index (χ1) is 8.15. The van der Waals surface area contributed by atoms with E-state index in [0.29, 0.717) is 19.5 Å². The van der Waals surface area contributed by atoms with Crippen molar-refractivity contribution in [1.82, 2.24) is 10.6 Å². The van der Waals surface area contributed by atoms with Gasteiger partial charge in [0.2, 0.25) is 5.91 Å². The highest BCUT2D eigenvalue weighted by atomic mass is 35.5. The molecule has 0 aliphatic carbocycles. The van der Waals surface area contributed by atoms with Gasteiger partial charge in [-0.1, -0.05) is 11.6 Å². The van der Waals surface area contributed by atoms with E-state index in [4.69, 9.17) is 11.6 Å². The number of amides is 1. The van der Waals surface area contributed by atoms with Gasteiger partial charge in [0, 0.05) is 18.0 Å². The minimum atomic E-state index is -0.401. The number of aliphatic hydroxyl groups is 1. The molecule has 1 aliphatic heterocycles. The zero-order chi connectivity index (χ0) is 12.3. The van der Waals surface area contributed by atoms with Crippen LogP contribution in [0.3, 0.4) is 0 Å². The summed E-state index contributed by atoms with van der Waals surface area (Å²) in [6, 6.07) is 3.58. The molecule has 1 saturated heterocycles. The average Bonchev–Trinajstić information content (AvgIpc) is 2.88. The first kappa shape index (κ1) is 12.8. The Labute approximate surface area is 109 Å². The third-order valence-corrected chi connectivity index (χ3v) is 4.01. The van der Waals surface area contributed by atoms with Crippen LogP contribution in [0.25, 0.3) is 0 Å². The van der Waals surface area contributed by atoms with Crippen molar-refractivity contribution in [2.24, 2.45) is 0 Å². The Morgan fingerprint density at radius 2 is 2.47 bits per heavy atom. The van der Waals surface area contributed by atoms with Crippen LogP contribution in [0, 0.1) is 0 Å². The van der Waals surface area contributed by atoms with Crippen molar-refractivity contribution in [3.8, 4) is 0 Å². The molecule has 1 aromatic heterocycles. The van der Waals surface area contributed by atoms with Gasteiger partial charge in [-0.3, -0.25) is 4.79 Å². The summed E-state index contributed by atoms with van der Waals surface area (Å²) >= 11 is 7.35. The standard InChI is InChI=1S/C11H15ClN2O2S/c12-10-2-1-8(17-10)3-4-13-11(16)9-5-7(15)6-14-9/h1-2,7,9,14-15H,3-6H2,(H,13,16)/t7-,9-/m1/s1. The van der Waals surface area contributed by atoms with Crippen molar-refractivity contribution in [2.75, 3.05) is 13.1 Å². The topological polar surface area (TPSA) is 61.4 Å². The zero-order valence-electron chi connectivity index (χ0n) is 9.28. The van der Waals surface area contributed by atoms with Crippen LogP contribution in [0.1, 0.15) is 11.3 Å². The summed E-state index contributed by atoms with van der Waals surface area (Å²) in [5, 5.41) is 15.1. The fraction of sp³-hybridized carbons (Fsp3) is 0.545. The zero-order valence-corrected chi connectivity index (χ0v) is 10.9. The molecule has 3 N–H and O–H groups in total. The number of rotatable bonds is 4. The van der Waals surface area contributed by atoms with Crippen LogP contribution in [0.2, 0.25) is 4.34 Å². The van der Waals surface area contributed by atoms with Gasteiger partial charge < -0.3 is 15.7 Å². The van der Waals surface area contributed by atoms with Gasteiger partial charge >= 0.3 is 0 Å². The maximum atomic E-state index is 11.7. The lowest BCUT2D eigenvalue weighted by Gasteiger charge is -2.10. The Morgan fingerprint density at radius 1 is 1.65 bits per heavy atom. The molecule has 1 amide bonds. The number of β-amino-alcohol motifs (C(OH)–C–C–N with tert-alkyl or cyclic N) is 1. The van der Waals surface area contributed by atoms with E-state index in [-0.39, 0.29) is 11.9 Å². The molecule has 1 aromatic rings. The minimum absolute atomic E-state index is 0.0378. The van der Waals surface area contributed by atoms with Crippen molar-refractivity contribution in [1.29, 1.82) is 0 Å². The maximum absolute atomic E-state index is 11.7. The summed E-state index contributed by atoms with van der Waals surface area (Å²) in [5.74, 6) is -0.0378. The molecule has 0 saturated carbocycles. The van der Waals surface area contributed by atoms with Gasteiger partial charge in [0.05, 0.1) is 16.5 Å². The fourth-order valence-electron chi connectivity index (χ4n) is 1.83. The van der Waals surface area contributed by atoms with E-state index in [9.17, 15) is 9.90 Å². The number of carbonyl (C=O) groups is 1. The van der Waals surface area contributed by atoms with Crippen molar-refractivity contribution in [3.05, 3.63) is 21.3 Å². The minimum Gasteiger partial charge on any atom is -0.392 e. The number of nitrogens with one attached hydrogen (secondary N) is 2. The summed E-state index contributed by atoms with van der Waals surface area (Å²) < 4.78 is 0.770. The lowest BCUT2D eigenvalue weighted by atomic mass is 10.2. The number of hydrogen-bond acceptors (Lipinski definition) is 4. The summed E-state index contributed by atoms with van der Waals surface area (Å²) in [6.07, 6.45) is 0.886. The van der Waals surface area contributed by atoms with Crippen molar-refractivity contribution < 1.29 is 9.90 Å². The van der Waals surface area contributed by atoms with E-state index < -0.39 is 6.10 Å².